The molecule has 1 unspecified atom stereocenters. The number of aliphatic hydroxyl groups excluding tert-OH is 1. The molecule has 0 aliphatic rings. The second-order valence-corrected chi connectivity index (χ2v) is 3.61. The number of hydrogen-bond donors (Lipinski definition) is 2. The van der Waals surface area contributed by atoms with E-state index in [9.17, 15) is 4.79 Å². The average molecular weight is 218 g/mol. The first-order valence-corrected chi connectivity index (χ1v) is 5.23. The maximum absolute atomic E-state index is 11.6. The van der Waals surface area contributed by atoms with Crippen LogP contribution >= 0.6 is 0 Å². The third-order valence-electron chi connectivity index (χ3n) is 2.19. The lowest BCUT2D eigenvalue weighted by atomic mass is 10.2. The fraction of sp³-hybridized carbons (Fsp3) is 0.900. The molecule has 0 spiro atoms. The van der Waals surface area contributed by atoms with Crippen LogP contribution in [0.2, 0.25) is 0 Å². The lowest BCUT2D eigenvalue weighted by Crippen LogP contribution is -2.44. The molecule has 0 aromatic rings. The van der Waals surface area contributed by atoms with Crippen molar-refractivity contribution in [2.45, 2.75) is 25.3 Å². The van der Waals surface area contributed by atoms with Crippen LogP contribution in [0.15, 0.2) is 0 Å². The summed E-state index contributed by atoms with van der Waals surface area (Å²) in [7, 11) is 3.26. The zero-order chi connectivity index (χ0) is 11.7. The summed E-state index contributed by atoms with van der Waals surface area (Å²) in [6.45, 7) is 1.14. The molecule has 90 valence electrons. The molecular weight excluding hydrogens is 196 g/mol. The van der Waals surface area contributed by atoms with E-state index in [1.807, 2.05) is 0 Å². The fourth-order valence-electron chi connectivity index (χ4n) is 1.28. The van der Waals surface area contributed by atoms with Gasteiger partial charge < -0.3 is 20.5 Å². The van der Waals surface area contributed by atoms with Crippen molar-refractivity contribution in [1.82, 2.24) is 4.90 Å². The Bertz CT molecular complexity index is 176. The van der Waals surface area contributed by atoms with Gasteiger partial charge in [0.2, 0.25) is 5.91 Å². The van der Waals surface area contributed by atoms with Gasteiger partial charge in [-0.3, -0.25) is 4.79 Å². The molecule has 0 saturated carbocycles. The van der Waals surface area contributed by atoms with Gasteiger partial charge in [0.25, 0.3) is 0 Å². The minimum absolute atomic E-state index is 0.0964. The Balaban J connectivity index is 3.68. The van der Waals surface area contributed by atoms with Crippen molar-refractivity contribution in [3.05, 3.63) is 0 Å². The molecule has 0 aliphatic carbocycles. The third kappa shape index (κ3) is 6.43. The van der Waals surface area contributed by atoms with Crippen molar-refractivity contribution in [2.75, 3.05) is 33.9 Å². The zero-order valence-corrected chi connectivity index (χ0v) is 9.61. The van der Waals surface area contributed by atoms with Crippen molar-refractivity contribution in [3.8, 4) is 0 Å². The second kappa shape index (κ2) is 8.64. The van der Waals surface area contributed by atoms with E-state index in [-0.39, 0.29) is 19.1 Å². The molecule has 3 N–H and O–H groups in total. The number of hydrogen-bond acceptors (Lipinski definition) is 4. The number of rotatable bonds is 8. The minimum atomic E-state index is -0.571. The van der Waals surface area contributed by atoms with Crippen LogP contribution in [-0.2, 0) is 9.53 Å². The summed E-state index contributed by atoms with van der Waals surface area (Å²) in [5, 5.41) is 8.58. The molecule has 1 amide bonds. The normalized spacial score (nSPS) is 12.5. The van der Waals surface area contributed by atoms with Crippen LogP contribution < -0.4 is 5.73 Å². The predicted octanol–water partition coefficient (Wildman–Crippen LogP) is -0.419. The summed E-state index contributed by atoms with van der Waals surface area (Å²) in [5.41, 5.74) is 5.60. The van der Waals surface area contributed by atoms with Gasteiger partial charge in [0.05, 0.1) is 6.61 Å². The Kier molecular flexibility index (Phi) is 8.27. The first-order chi connectivity index (χ1) is 7.13. The molecule has 0 aromatic carbocycles. The highest BCUT2D eigenvalue weighted by atomic mass is 16.5. The molecule has 15 heavy (non-hydrogen) atoms. The molecular formula is C10H22N2O3. The number of carbonyl (C=O) groups is 1. The summed E-state index contributed by atoms with van der Waals surface area (Å²) in [5.74, 6) is -0.0964. The van der Waals surface area contributed by atoms with E-state index in [0.717, 1.165) is 19.3 Å². The largest absolute Gasteiger partial charge is 0.396 e. The van der Waals surface area contributed by atoms with Gasteiger partial charge >= 0.3 is 0 Å². The number of amides is 1. The number of unbranched alkanes of at least 4 members (excludes halogenated alkanes) is 2. The Morgan fingerprint density at radius 1 is 1.47 bits per heavy atom. The number of carbonyl (C=O) groups excluding carboxylic acids is 1. The monoisotopic (exact) mass is 218 g/mol. The van der Waals surface area contributed by atoms with Crippen LogP contribution in [-0.4, -0.2) is 55.9 Å². The maximum atomic E-state index is 11.6. The third-order valence-corrected chi connectivity index (χ3v) is 2.19. The SMILES string of the molecule is COCC(N)C(=O)N(C)CCCCCO. The van der Waals surface area contributed by atoms with Gasteiger partial charge in [-0.15, -0.1) is 0 Å². The number of methoxy groups -OCH3 is 1. The van der Waals surface area contributed by atoms with E-state index in [1.54, 1.807) is 11.9 Å². The summed E-state index contributed by atoms with van der Waals surface area (Å²) >= 11 is 0. The molecule has 0 radical (unpaired) electrons. The van der Waals surface area contributed by atoms with E-state index in [1.165, 1.54) is 7.11 Å². The smallest absolute Gasteiger partial charge is 0.241 e. The van der Waals surface area contributed by atoms with Gasteiger partial charge in [-0.2, -0.15) is 0 Å². The second-order valence-electron chi connectivity index (χ2n) is 3.61. The lowest BCUT2D eigenvalue weighted by Gasteiger charge is -2.20. The zero-order valence-electron chi connectivity index (χ0n) is 9.61. The summed E-state index contributed by atoms with van der Waals surface area (Å²) < 4.78 is 4.81. The summed E-state index contributed by atoms with van der Waals surface area (Å²) in [6, 6.07) is -0.571. The lowest BCUT2D eigenvalue weighted by molar-refractivity contribution is -0.132. The predicted molar refractivity (Wildman–Crippen MR) is 58.4 cm³/mol. The first kappa shape index (κ1) is 14.3. The van der Waals surface area contributed by atoms with Crippen molar-refractivity contribution >= 4 is 5.91 Å². The van der Waals surface area contributed by atoms with Crippen LogP contribution in [0.4, 0.5) is 0 Å². The number of aliphatic hydroxyl groups is 1. The molecule has 5 nitrogen and oxygen atoms in total. The van der Waals surface area contributed by atoms with Crippen LogP contribution in [0.3, 0.4) is 0 Å². The molecule has 0 saturated heterocycles. The van der Waals surface area contributed by atoms with Gasteiger partial charge in [-0.1, -0.05) is 0 Å². The molecule has 0 aromatic heterocycles. The van der Waals surface area contributed by atoms with Crippen LogP contribution in [0.1, 0.15) is 19.3 Å². The van der Waals surface area contributed by atoms with Crippen molar-refractivity contribution in [1.29, 1.82) is 0 Å². The summed E-state index contributed by atoms with van der Waals surface area (Å²) in [4.78, 5) is 13.2. The first-order valence-electron chi connectivity index (χ1n) is 5.23. The Labute approximate surface area is 91.2 Å². The Morgan fingerprint density at radius 3 is 2.67 bits per heavy atom. The van der Waals surface area contributed by atoms with Crippen LogP contribution in [0, 0.1) is 0 Å². The van der Waals surface area contributed by atoms with E-state index in [0.29, 0.717) is 6.54 Å². The van der Waals surface area contributed by atoms with E-state index < -0.39 is 6.04 Å². The van der Waals surface area contributed by atoms with E-state index in [4.69, 9.17) is 15.6 Å². The highest BCUT2D eigenvalue weighted by molar-refractivity contribution is 5.81. The standard InChI is InChI=1S/C10H22N2O3/c1-12(6-4-3-5-7-13)10(14)9(11)8-15-2/h9,13H,3-8,11H2,1-2H3. The number of nitrogens with two attached hydrogens (primary N) is 1. The average Bonchev–Trinajstić information content (AvgIpc) is 2.23. The minimum Gasteiger partial charge on any atom is -0.396 e. The quantitative estimate of drug-likeness (QED) is 0.543. The number of nitrogens with zero attached hydrogens (tertiary/aromatic N) is 1. The highest BCUT2D eigenvalue weighted by Gasteiger charge is 2.16. The highest BCUT2D eigenvalue weighted by Crippen LogP contribution is 1.98. The Hall–Kier alpha value is -0.650. The van der Waals surface area contributed by atoms with Crippen LogP contribution in [0.5, 0.6) is 0 Å². The molecule has 5 heteroatoms. The number of likely N-dealkylation sites (N-methyl/N-ethyl adjacent to an activating group) is 1. The molecule has 0 heterocycles. The van der Waals surface area contributed by atoms with Gasteiger partial charge in [0.15, 0.2) is 0 Å². The Morgan fingerprint density at radius 2 is 2.13 bits per heavy atom. The van der Waals surface area contributed by atoms with E-state index in [2.05, 4.69) is 0 Å². The van der Waals surface area contributed by atoms with Crippen molar-refractivity contribution in [2.24, 2.45) is 5.73 Å². The van der Waals surface area contributed by atoms with Crippen molar-refractivity contribution in [3.63, 3.8) is 0 Å². The molecule has 0 rings (SSSR count). The van der Waals surface area contributed by atoms with Crippen LogP contribution in [0.25, 0.3) is 0 Å². The van der Waals surface area contributed by atoms with Crippen molar-refractivity contribution < 1.29 is 14.6 Å². The molecule has 0 fully saturated rings. The topological polar surface area (TPSA) is 75.8 Å². The molecule has 1 atom stereocenters. The van der Waals surface area contributed by atoms with E-state index >= 15 is 0 Å². The summed E-state index contributed by atoms with van der Waals surface area (Å²) in [6.07, 6.45) is 2.60. The fourth-order valence-corrected chi connectivity index (χ4v) is 1.28. The molecule has 0 bridgehead atoms. The maximum Gasteiger partial charge on any atom is 0.241 e. The van der Waals surface area contributed by atoms with Gasteiger partial charge in [0.1, 0.15) is 6.04 Å². The van der Waals surface area contributed by atoms with Gasteiger partial charge in [0, 0.05) is 27.3 Å². The van der Waals surface area contributed by atoms with Gasteiger partial charge in [-0.25, -0.2) is 0 Å². The molecule has 0 aliphatic heterocycles. The van der Waals surface area contributed by atoms with Gasteiger partial charge in [-0.05, 0) is 19.3 Å². The number of ether oxygens (including phenoxy) is 1.